The standard InChI is InChI=1S/C15H20N2O3/c1-12-10-13(16-20-12)14(18)17-7-5-15(6-8-17)4-2-3-9-19-11-15/h2-3,10H,4-9,11H2,1H3. The molecule has 5 heteroatoms. The maximum absolute atomic E-state index is 12.3. The van der Waals surface area contributed by atoms with Crippen molar-refractivity contribution in [2.75, 3.05) is 26.3 Å². The number of carbonyl (C=O) groups is 1. The van der Waals surface area contributed by atoms with E-state index in [-0.39, 0.29) is 11.3 Å². The molecule has 3 heterocycles. The number of hydrogen-bond acceptors (Lipinski definition) is 4. The SMILES string of the molecule is Cc1cc(C(=O)N2CCC3(CC=CCOC3)CC2)no1. The third kappa shape index (κ3) is 2.63. The Labute approximate surface area is 118 Å². The molecule has 1 saturated heterocycles. The number of allylic oxidation sites excluding steroid dienone is 1. The Morgan fingerprint density at radius 3 is 2.85 bits per heavy atom. The molecule has 2 aliphatic rings. The van der Waals surface area contributed by atoms with Gasteiger partial charge >= 0.3 is 0 Å². The summed E-state index contributed by atoms with van der Waals surface area (Å²) in [6, 6.07) is 1.70. The fraction of sp³-hybridized carbons (Fsp3) is 0.600. The average molecular weight is 276 g/mol. The van der Waals surface area contributed by atoms with Gasteiger partial charge in [-0.05, 0) is 26.2 Å². The molecule has 0 bridgehead atoms. The van der Waals surface area contributed by atoms with Crippen molar-refractivity contribution in [3.63, 3.8) is 0 Å². The molecule has 1 aromatic heterocycles. The maximum atomic E-state index is 12.3. The van der Waals surface area contributed by atoms with Crippen molar-refractivity contribution in [2.24, 2.45) is 5.41 Å². The number of likely N-dealkylation sites (tertiary alicyclic amines) is 1. The number of aromatic nitrogens is 1. The van der Waals surface area contributed by atoms with E-state index in [9.17, 15) is 4.79 Å². The number of hydrogen-bond donors (Lipinski definition) is 0. The van der Waals surface area contributed by atoms with Gasteiger partial charge in [0.15, 0.2) is 5.69 Å². The molecule has 0 atom stereocenters. The molecule has 20 heavy (non-hydrogen) atoms. The second kappa shape index (κ2) is 5.40. The molecule has 0 unspecified atom stereocenters. The average Bonchev–Trinajstić information content (AvgIpc) is 2.77. The van der Waals surface area contributed by atoms with E-state index in [4.69, 9.17) is 9.26 Å². The zero-order valence-electron chi connectivity index (χ0n) is 11.8. The molecule has 108 valence electrons. The van der Waals surface area contributed by atoms with Crippen molar-refractivity contribution in [1.29, 1.82) is 0 Å². The largest absolute Gasteiger partial charge is 0.377 e. The van der Waals surface area contributed by atoms with Gasteiger partial charge < -0.3 is 14.2 Å². The molecule has 0 saturated carbocycles. The third-order valence-electron chi connectivity index (χ3n) is 4.30. The van der Waals surface area contributed by atoms with Crippen LogP contribution in [0.2, 0.25) is 0 Å². The number of ether oxygens (including phenoxy) is 1. The van der Waals surface area contributed by atoms with Crippen LogP contribution in [0.3, 0.4) is 0 Å². The molecule has 1 spiro atoms. The first-order valence-electron chi connectivity index (χ1n) is 7.14. The van der Waals surface area contributed by atoms with Gasteiger partial charge in [0.2, 0.25) is 0 Å². The van der Waals surface area contributed by atoms with Gasteiger partial charge in [0.1, 0.15) is 5.76 Å². The van der Waals surface area contributed by atoms with Crippen LogP contribution in [0.25, 0.3) is 0 Å². The summed E-state index contributed by atoms with van der Waals surface area (Å²) >= 11 is 0. The summed E-state index contributed by atoms with van der Waals surface area (Å²) in [6.07, 6.45) is 7.33. The molecule has 0 radical (unpaired) electrons. The summed E-state index contributed by atoms with van der Waals surface area (Å²) in [5.41, 5.74) is 0.624. The first-order chi connectivity index (χ1) is 9.69. The van der Waals surface area contributed by atoms with Crippen LogP contribution in [0.5, 0.6) is 0 Å². The van der Waals surface area contributed by atoms with Crippen LogP contribution in [-0.4, -0.2) is 42.3 Å². The lowest BCUT2D eigenvalue weighted by atomic mass is 9.76. The van der Waals surface area contributed by atoms with Crippen LogP contribution in [0.4, 0.5) is 0 Å². The van der Waals surface area contributed by atoms with Crippen LogP contribution >= 0.6 is 0 Å². The van der Waals surface area contributed by atoms with Gasteiger partial charge in [0, 0.05) is 24.6 Å². The molecule has 0 N–H and O–H groups in total. The van der Waals surface area contributed by atoms with Crippen LogP contribution in [0.15, 0.2) is 22.7 Å². The number of aryl methyl sites for hydroxylation is 1. The lowest BCUT2D eigenvalue weighted by molar-refractivity contribution is 0.0160. The van der Waals surface area contributed by atoms with Crippen LogP contribution in [-0.2, 0) is 4.74 Å². The van der Waals surface area contributed by atoms with E-state index < -0.39 is 0 Å². The molecule has 1 amide bonds. The number of carbonyl (C=O) groups excluding carboxylic acids is 1. The van der Waals surface area contributed by atoms with E-state index in [1.807, 2.05) is 4.90 Å². The highest BCUT2D eigenvalue weighted by atomic mass is 16.5. The summed E-state index contributed by atoms with van der Waals surface area (Å²) in [5.74, 6) is 0.644. The number of nitrogens with zero attached hydrogens (tertiary/aromatic N) is 2. The topological polar surface area (TPSA) is 55.6 Å². The summed E-state index contributed by atoms with van der Waals surface area (Å²) in [5, 5.41) is 3.81. The number of piperidine rings is 1. The van der Waals surface area contributed by atoms with E-state index >= 15 is 0 Å². The quantitative estimate of drug-likeness (QED) is 0.738. The Hall–Kier alpha value is -1.62. The summed E-state index contributed by atoms with van der Waals surface area (Å²) in [6.45, 7) is 4.84. The molecule has 0 aromatic carbocycles. The van der Waals surface area contributed by atoms with Crippen molar-refractivity contribution in [2.45, 2.75) is 26.2 Å². The zero-order chi connectivity index (χ0) is 14.0. The van der Waals surface area contributed by atoms with Crippen molar-refractivity contribution in [3.05, 3.63) is 29.7 Å². The summed E-state index contributed by atoms with van der Waals surface area (Å²) < 4.78 is 10.6. The fourth-order valence-corrected chi connectivity index (χ4v) is 2.97. The van der Waals surface area contributed by atoms with Crippen molar-refractivity contribution < 1.29 is 14.1 Å². The molecule has 3 rings (SSSR count). The van der Waals surface area contributed by atoms with E-state index in [0.29, 0.717) is 18.1 Å². The number of rotatable bonds is 1. The van der Waals surface area contributed by atoms with E-state index in [1.165, 1.54) is 0 Å². The van der Waals surface area contributed by atoms with Gasteiger partial charge in [-0.3, -0.25) is 4.79 Å². The number of amides is 1. The van der Waals surface area contributed by atoms with Gasteiger partial charge in [-0.25, -0.2) is 0 Å². The second-order valence-corrected chi connectivity index (χ2v) is 5.81. The molecule has 0 aliphatic carbocycles. The van der Waals surface area contributed by atoms with Crippen LogP contribution in [0, 0.1) is 12.3 Å². The third-order valence-corrected chi connectivity index (χ3v) is 4.30. The van der Waals surface area contributed by atoms with Gasteiger partial charge in [-0.15, -0.1) is 0 Å². The van der Waals surface area contributed by atoms with E-state index in [0.717, 1.165) is 39.0 Å². The minimum absolute atomic E-state index is 0.0261. The Morgan fingerprint density at radius 1 is 1.35 bits per heavy atom. The Morgan fingerprint density at radius 2 is 2.15 bits per heavy atom. The molecular weight excluding hydrogens is 256 g/mol. The minimum Gasteiger partial charge on any atom is -0.377 e. The summed E-state index contributed by atoms with van der Waals surface area (Å²) in [7, 11) is 0. The predicted octanol–water partition coefficient (Wildman–Crippen LogP) is 2.18. The normalized spacial score (nSPS) is 21.9. The first-order valence-corrected chi connectivity index (χ1v) is 7.14. The Balaban J connectivity index is 1.63. The van der Waals surface area contributed by atoms with Gasteiger partial charge in [-0.1, -0.05) is 17.3 Å². The molecular formula is C15H20N2O3. The minimum atomic E-state index is -0.0261. The van der Waals surface area contributed by atoms with Crippen molar-refractivity contribution in [1.82, 2.24) is 10.1 Å². The van der Waals surface area contributed by atoms with Crippen molar-refractivity contribution >= 4 is 5.91 Å². The highest BCUT2D eigenvalue weighted by Crippen LogP contribution is 2.37. The lowest BCUT2D eigenvalue weighted by Crippen LogP contribution is -2.44. The molecule has 5 nitrogen and oxygen atoms in total. The lowest BCUT2D eigenvalue weighted by Gasteiger charge is -2.40. The van der Waals surface area contributed by atoms with Gasteiger partial charge in [-0.2, -0.15) is 0 Å². The molecule has 1 fully saturated rings. The smallest absolute Gasteiger partial charge is 0.276 e. The first kappa shape index (κ1) is 13.4. The monoisotopic (exact) mass is 276 g/mol. The highest BCUT2D eigenvalue weighted by molar-refractivity contribution is 5.92. The van der Waals surface area contributed by atoms with Gasteiger partial charge in [0.25, 0.3) is 5.91 Å². The van der Waals surface area contributed by atoms with Crippen LogP contribution in [0.1, 0.15) is 35.5 Å². The maximum Gasteiger partial charge on any atom is 0.276 e. The molecule has 2 aliphatic heterocycles. The predicted molar refractivity (Wildman–Crippen MR) is 73.4 cm³/mol. The molecule has 1 aromatic rings. The van der Waals surface area contributed by atoms with Crippen LogP contribution < -0.4 is 0 Å². The van der Waals surface area contributed by atoms with Crippen molar-refractivity contribution in [3.8, 4) is 0 Å². The Bertz CT molecular complexity index is 513. The zero-order valence-corrected chi connectivity index (χ0v) is 11.8. The van der Waals surface area contributed by atoms with Gasteiger partial charge in [0.05, 0.1) is 13.2 Å². The summed E-state index contributed by atoms with van der Waals surface area (Å²) in [4.78, 5) is 14.2. The van der Waals surface area contributed by atoms with E-state index in [2.05, 4.69) is 17.3 Å². The fourth-order valence-electron chi connectivity index (χ4n) is 2.97. The highest BCUT2D eigenvalue weighted by Gasteiger charge is 2.36. The Kier molecular flexibility index (Phi) is 3.61. The second-order valence-electron chi connectivity index (χ2n) is 5.81. The van der Waals surface area contributed by atoms with E-state index in [1.54, 1.807) is 13.0 Å².